The Labute approximate surface area is 119 Å². The van der Waals surface area contributed by atoms with Gasteiger partial charge >= 0.3 is 0 Å². The van der Waals surface area contributed by atoms with Gasteiger partial charge in [-0.05, 0) is 43.5 Å². The molecule has 0 aliphatic heterocycles. The number of benzene rings is 2. The summed E-state index contributed by atoms with van der Waals surface area (Å²) in [6, 6.07) is 13.2. The highest BCUT2D eigenvalue weighted by molar-refractivity contribution is 5.95. The Bertz CT molecular complexity index is 635. The highest BCUT2D eigenvalue weighted by atomic mass is 16.3. The molecule has 1 atom stereocenters. The van der Waals surface area contributed by atoms with Gasteiger partial charge < -0.3 is 10.4 Å². The first-order valence-corrected chi connectivity index (χ1v) is 6.61. The van der Waals surface area contributed by atoms with Crippen molar-refractivity contribution in [3.63, 3.8) is 0 Å². The summed E-state index contributed by atoms with van der Waals surface area (Å²) >= 11 is 0. The van der Waals surface area contributed by atoms with Gasteiger partial charge in [-0.1, -0.05) is 42.0 Å². The Morgan fingerprint density at radius 3 is 2.40 bits per heavy atom. The monoisotopic (exact) mass is 269 g/mol. The SMILES string of the molecule is Cc1ccc(C(O)C(=O)Nc2ccccc2C)c(C)c1. The second-order valence-corrected chi connectivity index (χ2v) is 5.07. The van der Waals surface area contributed by atoms with Crippen LogP contribution in [-0.4, -0.2) is 11.0 Å². The fraction of sp³-hybridized carbons (Fsp3) is 0.235. The molecule has 0 radical (unpaired) electrons. The van der Waals surface area contributed by atoms with Crippen molar-refractivity contribution in [2.24, 2.45) is 0 Å². The number of hydrogen-bond acceptors (Lipinski definition) is 2. The molecule has 0 spiro atoms. The third kappa shape index (κ3) is 3.06. The summed E-state index contributed by atoms with van der Waals surface area (Å²) in [5.41, 5.74) is 4.35. The van der Waals surface area contributed by atoms with E-state index in [1.54, 1.807) is 6.07 Å². The van der Waals surface area contributed by atoms with Gasteiger partial charge in [-0.15, -0.1) is 0 Å². The number of hydrogen-bond donors (Lipinski definition) is 2. The Morgan fingerprint density at radius 2 is 1.75 bits per heavy atom. The molecule has 1 amide bonds. The predicted molar refractivity (Wildman–Crippen MR) is 80.7 cm³/mol. The standard InChI is InChI=1S/C17H19NO2/c1-11-8-9-14(13(3)10-11)16(19)17(20)18-15-7-5-4-6-12(15)2/h4-10,16,19H,1-3H3,(H,18,20). The molecule has 0 saturated heterocycles. The van der Waals surface area contributed by atoms with Crippen molar-refractivity contribution < 1.29 is 9.90 Å². The van der Waals surface area contributed by atoms with Gasteiger partial charge in [-0.25, -0.2) is 0 Å². The number of anilines is 1. The summed E-state index contributed by atoms with van der Waals surface area (Å²) < 4.78 is 0. The van der Waals surface area contributed by atoms with E-state index in [2.05, 4.69) is 5.32 Å². The van der Waals surface area contributed by atoms with Crippen LogP contribution >= 0.6 is 0 Å². The Morgan fingerprint density at radius 1 is 1.05 bits per heavy atom. The maximum atomic E-state index is 12.1. The average molecular weight is 269 g/mol. The number of rotatable bonds is 3. The molecule has 0 fully saturated rings. The zero-order valence-corrected chi connectivity index (χ0v) is 12.0. The topological polar surface area (TPSA) is 49.3 Å². The third-order valence-corrected chi connectivity index (χ3v) is 3.37. The van der Waals surface area contributed by atoms with Gasteiger partial charge in [0.15, 0.2) is 6.10 Å². The smallest absolute Gasteiger partial charge is 0.257 e. The minimum absolute atomic E-state index is 0.411. The van der Waals surface area contributed by atoms with Crippen LogP contribution in [0.15, 0.2) is 42.5 Å². The lowest BCUT2D eigenvalue weighted by Crippen LogP contribution is -2.22. The molecule has 3 heteroatoms. The second kappa shape index (κ2) is 5.88. The number of nitrogens with one attached hydrogen (secondary N) is 1. The highest BCUT2D eigenvalue weighted by Crippen LogP contribution is 2.21. The van der Waals surface area contributed by atoms with Gasteiger partial charge in [-0.3, -0.25) is 4.79 Å². The van der Waals surface area contributed by atoms with E-state index in [0.717, 1.165) is 22.4 Å². The van der Waals surface area contributed by atoms with Crippen LogP contribution in [-0.2, 0) is 4.79 Å². The first-order valence-electron chi connectivity index (χ1n) is 6.61. The molecule has 0 aromatic heterocycles. The molecule has 2 N–H and O–H groups in total. The van der Waals surface area contributed by atoms with Crippen LogP contribution in [0.3, 0.4) is 0 Å². The number of aryl methyl sites for hydroxylation is 3. The Balaban J connectivity index is 2.19. The summed E-state index contributed by atoms with van der Waals surface area (Å²) in [6.45, 7) is 5.79. The van der Waals surface area contributed by atoms with Crippen LogP contribution in [0.1, 0.15) is 28.4 Å². The number of carbonyl (C=O) groups is 1. The van der Waals surface area contributed by atoms with Gasteiger partial charge in [0.2, 0.25) is 0 Å². The largest absolute Gasteiger partial charge is 0.378 e. The van der Waals surface area contributed by atoms with Gasteiger partial charge in [0.1, 0.15) is 0 Å². The van der Waals surface area contributed by atoms with Crippen molar-refractivity contribution in [1.29, 1.82) is 0 Å². The molecule has 2 aromatic rings. The van der Waals surface area contributed by atoms with E-state index in [1.807, 2.05) is 57.2 Å². The van der Waals surface area contributed by atoms with E-state index in [1.165, 1.54) is 0 Å². The van der Waals surface area contributed by atoms with Crippen molar-refractivity contribution in [2.45, 2.75) is 26.9 Å². The minimum atomic E-state index is -1.16. The van der Waals surface area contributed by atoms with E-state index in [-0.39, 0.29) is 0 Å². The highest BCUT2D eigenvalue weighted by Gasteiger charge is 2.19. The number of aliphatic hydroxyl groups is 1. The summed E-state index contributed by atoms with van der Waals surface area (Å²) in [5.74, 6) is -0.411. The van der Waals surface area contributed by atoms with E-state index in [4.69, 9.17) is 0 Å². The van der Waals surface area contributed by atoms with Gasteiger partial charge in [-0.2, -0.15) is 0 Å². The van der Waals surface area contributed by atoms with Gasteiger partial charge in [0, 0.05) is 5.69 Å². The lowest BCUT2D eigenvalue weighted by molar-refractivity contribution is -0.124. The van der Waals surface area contributed by atoms with E-state index in [9.17, 15) is 9.90 Å². The lowest BCUT2D eigenvalue weighted by atomic mass is 10.0. The van der Waals surface area contributed by atoms with Gasteiger partial charge in [0.05, 0.1) is 0 Å². The first kappa shape index (κ1) is 14.3. The molecule has 0 bridgehead atoms. The maximum Gasteiger partial charge on any atom is 0.257 e. The number of amides is 1. The van der Waals surface area contributed by atoms with E-state index < -0.39 is 12.0 Å². The fourth-order valence-corrected chi connectivity index (χ4v) is 2.19. The normalized spacial score (nSPS) is 12.0. The van der Waals surface area contributed by atoms with E-state index >= 15 is 0 Å². The fourth-order valence-electron chi connectivity index (χ4n) is 2.19. The summed E-state index contributed by atoms with van der Waals surface area (Å²) in [5, 5.41) is 13.0. The average Bonchev–Trinajstić information content (AvgIpc) is 2.40. The van der Waals surface area contributed by atoms with E-state index in [0.29, 0.717) is 5.56 Å². The quantitative estimate of drug-likeness (QED) is 0.898. The molecule has 1 unspecified atom stereocenters. The molecule has 0 aliphatic rings. The molecule has 3 nitrogen and oxygen atoms in total. The molecular formula is C17H19NO2. The number of para-hydroxylation sites is 1. The summed E-state index contributed by atoms with van der Waals surface area (Å²) in [4.78, 5) is 12.1. The third-order valence-electron chi connectivity index (χ3n) is 3.37. The first-order chi connectivity index (χ1) is 9.49. The van der Waals surface area contributed by atoms with Crippen molar-refractivity contribution in [3.8, 4) is 0 Å². The van der Waals surface area contributed by atoms with Crippen LogP contribution in [0.25, 0.3) is 0 Å². The zero-order valence-electron chi connectivity index (χ0n) is 12.0. The molecular weight excluding hydrogens is 250 g/mol. The Kier molecular flexibility index (Phi) is 4.20. The zero-order chi connectivity index (χ0) is 14.7. The van der Waals surface area contributed by atoms with Crippen LogP contribution in [0.2, 0.25) is 0 Å². The molecule has 2 aromatic carbocycles. The van der Waals surface area contributed by atoms with Crippen LogP contribution in [0, 0.1) is 20.8 Å². The van der Waals surface area contributed by atoms with Gasteiger partial charge in [0.25, 0.3) is 5.91 Å². The molecule has 0 heterocycles. The van der Waals surface area contributed by atoms with Crippen LogP contribution < -0.4 is 5.32 Å². The molecule has 0 aliphatic carbocycles. The molecule has 20 heavy (non-hydrogen) atoms. The maximum absolute atomic E-state index is 12.1. The van der Waals surface area contributed by atoms with Crippen molar-refractivity contribution in [1.82, 2.24) is 0 Å². The lowest BCUT2D eigenvalue weighted by Gasteiger charge is -2.15. The van der Waals surface area contributed by atoms with Crippen molar-refractivity contribution in [2.75, 3.05) is 5.32 Å². The molecule has 2 rings (SSSR count). The predicted octanol–water partition coefficient (Wildman–Crippen LogP) is 3.28. The molecule has 104 valence electrons. The summed E-state index contributed by atoms with van der Waals surface area (Å²) in [7, 11) is 0. The van der Waals surface area contributed by atoms with Crippen LogP contribution in [0.5, 0.6) is 0 Å². The number of aliphatic hydroxyl groups excluding tert-OH is 1. The van der Waals surface area contributed by atoms with Crippen molar-refractivity contribution in [3.05, 3.63) is 64.7 Å². The van der Waals surface area contributed by atoms with Crippen molar-refractivity contribution >= 4 is 11.6 Å². The van der Waals surface area contributed by atoms with Crippen LogP contribution in [0.4, 0.5) is 5.69 Å². The number of carbonyl (C=O) groups excluding carboxylic acids is 1. The minimum Gasteiger partial charge on any atom is -0.378 e. The molecule has 0 saturated carbocycles. The second-order valence-electron chi connectivity index (χ2n) is 5.07. The summed E-state index contributed by atoms with van der Waals surface area (Å²) in [6.07, 6.45) is -1.16. The Hall–Kier alpha value is -2.13.